The van der Waals surface area contributed by atoms with E-state index in [-0.39, 0.29) is 17.2 Å². The Labute approximate surface area is 170 Å². The molecule has 0 fully saturated rings. The fraction of sp³-hybridized carbons (Fsp3) is 0.300. The molecule has 0 radical (unpaired) electrons. The van der Waals surface area contributed by atoms with Crippen molar-refractivity contribution >= 4 is 39.2 Å². The summed E-state index contributed by atoms with van der Waals surface area (Å²) in [6.45, 7) is 4.51. The quantitative estimate of drug-likeness (QED) is 0.367. The minimum Gasteiger partial charge on any atom is -0.350 e. The molecule has 0 bridgehead atoms. The lowest BCUT2D eigenvalue weighted by Crippen LogP contribution is -2.27. The van der Waals surface area contributed by atoms with Gasteiger partial charge in [0, 0.05) is 17.6 Å². The lowest BCUT2D eigenvalue weighted by molar-refractivity contribution is -0.118. The van der Waals surface area contributed by atoms with Crippen LogP contribution in [-0.4, -0.2) is 26.2 Å². The third-order valence-corrected chi connectivity index (χ3v) is 6.79. The average molecular weight is 413 g/mol. The lowest BCUT2D eigenvalue weighted by atomic mass is 10.2. The van der Waals surface area contributed by atoms with Crippen LogP contribution in [-0.2, 0) is 30.7 Å². The van der Waals surface area contributed by atoms with Crippen molar-refractivity contribution in [2.24, 2.45) is 0 Å². The van der Waals surface area contributed by atoms with E-state index >= 15 is 0 Å². The number of thiophene rings is 1. The van der Waals surface area contributed by atoms with Crippen molar-refractivity contribution in [1.29, 1.82) is 0 Å². The van der Waals surface area contributed by atoms with Crippen LogP contribution in [0, 0.1) is 0 Å². The largest absolute Gasteiger partial charge is 0.350 e. The van der Waals surface area contributed by atoms with Crippen molar-refractivity contribution in [3.05, 3.63) is 63.5 Å². The van der Waals surface area contributed by atoms with E-state index in [0.29, 0.717) is 18.2 Å². The van der Waals surface area contributed by atoms with Crippen LogP contribution in [0.15, 0.2) is 47.0 Å². The molecule has 8 heteroatoms. The van der Waals surface area contributed by atoms with Crippen LogP contribution in [0.2, 0.25) is 0 Å². The Balaban J connectivity index is 1.53. The number of pyridine rings is 1. The maximum Gasteiger partial charge on any atom is 0.263 e. The molecule has 0 unspecified atom stereocenters. The molecule has 144 valence electrons. The van der Waals surface area contributed by atoms with Gasteiger partial charge in [0.25, 0.3) is 5.56 Å². The maximum absolute atomic E-state index is 13.1. The summed E-state index contributed by atoms with van der Waals surface area (Å²) in [5.41, 5.74) is 1.94. The molecule has 1 aliphatic rings. The first kappa shape index (κ1) is 18.9. The van der Waals surface area contributed by atoms with Gasteiger partial charge in [0.2, 0.25) is 5.91 Å². The third-order valence-electron chi connectivity index (χ3n) is 4.63. The molecule has 4 rings (SSSR count). The van der Waals surface area contributed by atoms with Crippen molar-refractivity contribution in [2.45, 2.75) is 37.5 Å². The number of carbonyl (C=O) groups is 1. The first-order valence-corrected chi connectivity index (χ1v) is 10.9. The van der Waals surface area contributed by atoms with Crippen LogP contribution in [0.1, 0.15) is 22.6 Å². The summed E-state index contributed by atoms with van der Waals surface area (Å²) < 4.78 is 1.62. The molecule has 3 heterocycles. The van der Waals surface area contributed by atoms with E-state index in [1.807, 2.05) is 18.2 Å². The van der Waals surface area contributed by atoms with Crippen LogP contribution in [0.25, 0.3) is 10.2 Å². The molecule has 0 saturated carbocycles. The second-order valence-electron chi connectivity index (χ2n) is 6.52. The summed E-state index contributed by atoms with van der Waals surface area (Å²) >= 11 is 2.89. The number of hydrogen-bond donors (Lipinski definition) is 1. The molecule has 1 aliphatic carbocycles. The highest BCUT2D eigenvalue weighted by atomic mass is 32.2. The van der Waals surface area contributed by atoms with Gasteiger partial charge in [0.1, 0.15) is 4.83 Å². The van der Waals surface area contributed by atoms with Gasteiger partial charge in [0.15, 0.2) is 5.16 Å². The van der Waals surface area contributed by atoms with Crippen molar-refractivity contribution in [3.63, 3.8) is 0 Å². The Kier molecular flexibility index (Phi) is 5.59. The van der Waals surface area contributed by atoms with Gasteiger partial charge >= 0.3 is 0 Å². The number of rotatable bonds is 7. The Morgan fingerprint density at radius 1 is 1.39 bits per heavy atom. The monoisotopic (exact) mass is 412 g/mol. The number of fused-ring (bicyclic) bond motifs is 3. The van der Waals surface area contributed by atoms with E-state index in [1.54, 1.807) is 28.2 Å². The fourth-order valence-electron chi connectivity index (χ4n) is 3.33. The molecule has 6 nitrogen and oxygen atoms in total. The number of carbonyl (C=O) groups excluding carboxylic acids is 1. The van der Waals surface area contributed by atoms with Crippen molar-refractivity contribution in [3.8, 4) is 0 Å². The van der Waals surface area contributed by atoms with E-state index in [4.69, 9.17) is 4.98 Å². The predicted molar refractivity (Wildman–Crippen MR) is 113 cm³/mol. The summed E-state index contributed by atoms with van der Waals surface area (Å²) in [6.07, 6.45) is 6.46. The van der Waals surface area contributed by atoms with Gasteiger partial charge in [-0.1, -0.05) is 23.9 Å². The lowest BCUT2D eigenvalue weighted by Gasteiger charge is -2.10. The number of amides is 1. The Morgan fingerprint density at radius 3 is 3.07 bits per heavy atom. The van der Waals surface area contributed by atoms with E-state index in [0.717, 1.165) is 35.2 Å². The normalized spacial score (nSPS) is 12.9. The van der Waals surface area contributed by atoms with Gasteiger partial charge in [-0.3, -0.25) is 19.1 Å². The number of aromatic nitrogens is 3. The Morgan fingerprint density at radius 2 is 2.29 bits per heavy atom. The van der Waals surface area contributed by atoms with Crippen LogP contribution < -0.4 is 10.9 Å². The van der Waals surface area contributed by atoms with Crippen LogP contribution >= 0.6 is 23.1 Å². The van der Waals surface area contributed by atoms with E-state index < -0.39 is 0 Å². The summed E-state index contributed by atoms with van der Waals surface area (Å²) in [5, 5.41) is 4.16. The number of allylic oxidation sites excluding steroid dienone is 1. The van der Waals surface area contributed by atoms with Crippen molar-refractivity contribution < 1.29 is 4.79 Å². The minimum atomic E-state index is -0.121. The molecule has 0 aromatic carbocycles. The van der Waals surface area contributed by atoms with E-state index in [2.05, 4.69) is 16.9 Å². The molecular weight excluding hydrogens is 392 g/mol. The zero-order chi connectivity index (χ0) is 19.5. The minimum absolute atomic E-state index is 0.0271. The van der Waals surface area contributed by atoms with Crippen molar-refractivity contribution in [2.75, 3.05) is 5.75 Å². The highest BCUT2D eigenvalue weighted by Crippen LogP contribution is 2.35. The average Bonchev–Trinajstić information content (AvgIpc) is 3.29. The van der Waals surface area contributed by atoms with Gasteiger partial charge in [-0.05, 0) is 37.0 Å². The zero-order valence-corrected chi connectivity index (χ0v) is 16.9. The number of aryl methyl sites for hydroxylation is 2. The molecule has 1 N–H and O–H groups in total. The Hall–Kier alpha value is -2.45. The summed E-state index contributed by atoms with van der Waals surface area (Å²) in [7, 11) is 0. The number of nitrogens with zero attached hydrogens (tertiary/aromatic N) is 3. The summed E-state index contributed by atoms with van der Waals surface area (Å²) in [6, 6.07) is 5.58. The second-order valence-corrected chi connectivity index (χ2v) is 8.55. The van der Waals surface area contributed by atoms with Crippen LogP contribution in [0.4, 0.5) is 0 Å². The molecule has 28 heavy (non-hydrogen) atoms. The number of nitrogens with one attached hydrogen (secondary N) is 1. The standard InChI is InChI=1S/C20H20N4O2S2/c1-2-10-24-19(26)17-14-7-5-8-15(14)28-18(17)23-20(24)27-12-16(25)22-11-13-6-3-4-9-21-13/h2-4,6,9H,1,5,7-8,10-12H2,(H,22,25). The molecule has 0 spiro atoms. The molecule has 1 amide bonds. The third kappa shape index (κ3) is 3.74. The number of thioether (sulfide) groups is 1. The van der Waals surface area contributed by atoms with Gasteiger partial charge in [0.05, 0.1) is 23.4 Å². The molecule has 0 aliphatic heterocycles. The second kappa shape index (κ2) is 8.28. The van der Waals surface area contributed by atoms with E-state index in [1.165, 1.54) is 22.2 Å². The Bertz CT molecular complexity index is 1090. The zero-order valence-electron chi connectivity index (χ0n) is 15.3. The van der Waals surface area contributed by atoms with Gasteiger partial charge in [-0.2, -0.15) is 0 Å². The first-order chi connectivity index (χ1) is 13.7. The highest BCUT2D eigenvalue weighted by molar-refractivity contribution is 7.99. The maximum atomic E-state index is 13.1. The van der Waals surface area contributed by atoms with Gasteiger partial charge in [-0.25, -0.2) is 4.98 Å². The van der Waals surface area contributed by atoms with E-state index in [9.17, 15) is 9.59 Å². The molecule has 3 aromatic heterocycles. The van der Waals surface area contributed by atoms with Gasteiger partial charge in [-0.15, -0.1) is 17.9 Å². The molecule has 3 aromatic rings. The number of hydrogen-bond acceptors (Lipinski definition) is 6. The molecule has 0 saturated heterocycles. The van der Waals surface area contributed by atoms with Crippen LogP contribution in [0.5, 0.6) is 0 Å². The fourth-order valence-corrected chi connectivity index (χ4v) is 5.47. The van der Waals surface area contributed by atoms with Crippen molar-refractivity contribution in [1.82, 2.24) is 19.9 Å². The van der Waals surface area contributed by atoms with Gasteiger partial charge < -0.3 is 5.32 Å². The predicted octanol–water partition coefficient (Wildman–Crippen LogP) is 2.94. The van der Waals surface area contributed by atoms with Crippen LogP contribution in [0.3, 0.4) is 0 Å². The molecule has 0 atom stereocenters. The SMILES string of the molecule is C=CCn1c(SCC(=O)NCc2ccccn2)nc2sc3c(c2c1=O)CCC3. The summed E-state index contributed by atoms with van der Waals surface area (Å²) in [5.74, 6) is 0.0661. The molecular formula is C20H20N4O2S2. The highest BCUT2D eigenvalue weighted by Gasteiger charge is 2.23. The smallest absolute Gasteiger partial charge is 0.263 e. The first-order valence-electron chi connectivity index (χ1n) is 9.12. The summed E-state index contributed by atoms with van der Waals surface area (Å²) in [4.78, 5) is 36.3. The topological polar surface area (TPSA) is 76.9 Å².